The summed E-state index contributed by atoms with van der Waals surface area (Å²) in [6, 6.07) is 15.3. The van der Waals surface area contributed by atoms with Crippen LogP contribution in [0.3, 0.4) is 0 Å². The van der Waals surface area contributed by atoms with Crippen LogP contribution < -0.4 is 5.32 Å². The van der Waals surface area contributed by atoms with Gasteiger partial charge in [0.15, 0.2) is 0 Å². The molecule has 174 valence electrons. The molecule has 1 N–H and O–H groups in total. The second-order valence-corrected chi connectivity index (χ2v) is 8.78. The summed E-state index contributed by atoms with van der Waals surface area (Å²) in [5.74, 6) is -0.571. The number of methoxy groups -OCH3 is 1. The molecule has 1 saturated carbocycles. The Morgan fingerprint density at radius 1 is 1.12 bits per heavy atom. The summed E-state index contributed by atoms with van der Waals surface area (Å²) < 4.78 is 49.4. The minimum absolute atomic E-state index is 0.00113. The molecule has 1 amide bonds. The molecule has 3 aromatic rings. The fourth-order valence-corrected chi connectivity index (χ4v) is 4.28. The van der Waals surface area contributed by atoms with Gasteiger partial charge in [-0.1, -0.05) is 54.1 Å². The van der Waals surface area contributed by atoms with E-state index in [0.29, 0.717) is 16.1 Å². The summed E-state index contributed by atoms with van der Waals surface area (Å²) in [6.07, 6.45) is -3.06. The smallest absolute Gasteiger partial charge is 0.376 e. The molecule has 0 saturated heterocycles. The minimum Gasteiger partial charge on any atom is -0.376 e. The maximum Gasteiger partial charge on any atom is 0.431 e. The number of alkyl halides is 3. The summed E-state index contributed by atoms with van der Waals surface area (Å²) in [6.45, 7) is 1.55. The number of carbonyl (C=O) groups excluding carboxylic acids is 1. The van der Waals surface area contributed by atoms with Crippen molar-refractivity contribution in [3.63, 3.8) is 0 Å². The van der Waals surface area contributed by atoms with E-state index in [4.69, 9.17) is 16.3 Å². The number of benzene rings is 2. The highest BCUT2D eigenvalue weighted by atomic mass is 35.5. The van der Waals surface area contributed by atoms with Crippen molar-refractivity contribution in [2.45, 2.75) is 38.1 Å². The highest BCUT2D eigenvalue weighted by Gasteiger charge is 2.44. The third-order valence-electron chi connectivity index (χ3n) is 6.12. The number of ether oxygens (including phenoxy) is 1. The molecule has 4 nitrogen and oxygen atoms in total. The van der Waals surface area contributed by atoms with Crippen LogP contribution in [-0.2, 0) is 17.5 Å². The van der Waals surface area contributed by atoms with Gasteiger partial charge in [0.25, 0.3) is 5.91 Å². The van der Waals surface area contributed by atoms with Gasteiger partial charge in [0.05, 0.1) is 5.60 Å². The molecule has 4 rings (SSSR count). The maximum atomic E-state index is 14.3. The van der Waals surface area contributed by atoms with Crippen LogP contribution in [0, 0.1) is 6.92 Å². The van der Waals surface area contributed by atoms with Crippen molar-refractivity contribution in [1.29, 1.82) is 0 Å². The number of aromatic nitrogens is 1. The fourth-order valence-electron chi connectivity index (χ4n) is 4.16. The molecule has 0 bridgehead atoms. The van der Waals surface area contributed by atoms with Crippen molar-refractivity contribution in [2.75, 3.05) is 13.7 Å². The third-order valence-corrected chi connectivity index (χ3v) is 6.37. The van der Waals surface area contributed by atoms with Crippen LogP contribution in [0.4, 0.5) is 13.2 Å². The maximum absolute atomic E-state index is 14.3. The highest BCUT2D eigenvalue weighted by molar-refractivity contribution is 6.30. The number of halogens is 4. The highest BCUT2D eigenvalue weighted by Crippen LogP contribution is 2.42. The first kappa shape index (κ1) is 23.4. The topological polar surface area (TPSA) is 43.3 Å². The van der Waals surface area contributed by atoms with Gasteiger partial charge < -0.3 is 14.6 Å². The predicted octanol–water partition coefficient (Wildman–Crippen LogP) is 6.09. The number of hydrogen-bond acceptors (Lipinski definition) is 2. The third kappa shape index (κ3) is 4.80. The molecule has 1 aliphatic rings. The van der Waals surface area contributed by atoms with E-state index < -0.39 is 23.4 Å². The largest absolute Gasteiger partial charge is 0.431 e. The van der Waals surface area contributed by atoms with Gasteiger partial charge >= 0.3 is 6.18 Å². The lowest BCUT2D eigenvalue weighted by Crippen LogP contribution is -2.36. The lowest BCUT2D eigenvalue weighted by atomic mass is 10.0. The summed E-state index contributed by atoms with van der Waals surface area (Å²) in [5.41, 5.74) is 0.0904. The number of hydrogen-bond donors (Lipinski definition) is 1. The van der Waals surface area contributed by atoms with Crippen molar-refractivity contribution in [3.8, 4) is 11.1 Å². The van der Waals surface area contributed by atoms with Gasteiger partial charge in [0.1, 0.15) is 11.4 Å². The summed E-state index contributed by atoms with van der Waals surface area (Å²) in [7, 11) is 1.57. The molecule has 1 aliphatic carbocycles. The van der Waals surface area contributed by atoms with E-state index in [2.05, 4.69) is 5.32 Å². The second-order valence-electron chi connectivity index (χ2n) is 8.34. The number of rotatable bonds is 7. The number of carbonyl (C=O) groups is 1. The monoisotopic (exact) mass is 476 g/mol. The predicted molar refractivity (Wildman–Crippen MR) is 121 cm³/mol. The Labute approximate surface area is 195 Å². The average Bonchev–Trinajstić information content (AvgIpc) is 3.50. The van der Waals surface area contributed by atoms with Crippen molar-refractivity contribution in [2.24, 2.45) is 0 Å². The van der Waals surface area contributed by atoms with E-state index in [0.717, 1.165) is 17.4 Å². The second kappa shape index (κ2) is 8.88. The zero-order chi connectivity index (χ0) is 23.8. The minimum atomic E-state index is -4.65. The normalized spacial score (nSPS) is 14.8. The molecule has 2 aromatic carbocycles. The molecule has 8 heteroatoms. The molecular weight excluding hydrogens is 453 g/mol. The summed E-state index contributed by atoms with van der Waals surface area (Å²) in [4.78, 5) is 13.4. The van der Waals surface area contributed by atoms with Gasteiger partial charge in [0, 0.05) is 30.8 Å². The summed E-state index contributed by atoms with van der Waals surface area (Å²) >= 11 is 6.00. The van der Waals surface area contributed by atoms with Crippen molar-refractivity contribution in [3.05, 3.63) is 82.1 Å². The van der Waals surface area contributed by atoms with Gasteiger partial charge in [-0.3, -0.25) is 4.79 Å². The Balaban J connectivity index is 1.88. The average molecular weight is 477 g/mol. The molecule has 0 spiro atoms. The Hall–Kier alpha value is -2.77. The Bertz CT molecular complexity index is 1150. The molecule has 0 atom stereocenters. The quantitative estimate of drug-likeness (QED) is 0.448. The van der Waals surface area contributed by atoms with Crippen LogP contribution in [0.2, 0.25) is 5.02 Å². The lowest BCUT2D eigenvalue weighted by molar-refractivity contribution is -0.143. The Morgan fingerprint density at radius 3 is 2.30 bits per heavy atom. The zero-order valence-electron chi connectivity index (χ0n) is 18.3. The van der Waals surface area contributed by atoms with Crippen molar-refractivity contribution in [1.82, 2.24) is 9.88 Å². The van der Waals surface area contributed by atoms with E-state index in [1.165, 1.54) is 6.92 Å². The number of nitrogens with one attached hydrogen (secondary N) is 1. The summed E-state index contributed by atoms with van der Waals surface area (Å²) in [5, 5.41) is 3.27. The Kier molecular flexibility index (Phi) is 6.29. The van der Waals surface area contributed by atoms with E-state index in [1.54, 1.807) is 61.7 Å². The lowest BCUT2D eigenvalue weighted by Gasteiger charge is -2.18. The van der Waals surface area contributed by atoms with Crippen LogP contribution in [0.25, 0.3) is 11.1 Å². The Morgan fingerprint density at radius 2 is 1.76 bits per heavy atom. The molecule has 0 aliphatic heterocycles. The molecule has 0 radical (unpaired) electrons. The van der Waals surface area contributed by atoms with Crippen LogP contribution in [0.15, 0.2) is 54.6 Å². The van der Waals surface area contributed by atoms with Gasteiger partial charge in [-0.25, -0.2) is 0 Å². The number of nitrogens with zero attached hydrogens (tertiary/aromatic N) is 1. The van der Waals surface area contributed by atoms with Gasteiger partial charge in [0.2, 0.25) is 0 Å². The fraction of sp³-hybridized carbons (Fsp3) is 0.320. The van der Waals surface area contributed by atoms with Crippen molar-refractivity contribution < 1.29 is 22.7 Å². The molecule has 1 aromatic heterocycles. The first-order valence-corrected chi connectivity index (χ1v) is 11.0. The first-order valence-electron chi connectivity index (χ1n) is 10.6. The molecule has 0 unspecified atom stereocenters. The van der Waals surface area contributed by atoms with Crippen LogP contribution in [-0.4, -0.2) is 29.7 Å². The van der Waals surface area contributed by atoms with Crippen LogP contribution in [0.1, 0.15) is 40.2 Å². The molecule has 1 heterocycles. The van der Waals surface area contributed by atoms with Gasteiger partial charge in [-0.15, -0.1) is 0 Å². The standard InChI is InChI=1S/C25H24ClF3N2O2/c1-16-20(18-8-10-19(26)11-9-18)21(23(32)30-15-24(33-2)12-13-24)31(22(16)25(27,28)29)14-17-6-4-3-5-7-17/h3-11H,12-15H2,1-2H3,(H,30,32). The molecular formula is C25H24ClF3N2O2. The van der Waals surface area contributed by atoms with E-state index in [9.17, 15) is 18.0 Å². The zero-order valence-corrected chi connectivity index (χ0v) is 19.1. The van der Waals surface area contributed by atoms with Gasteiger partial charge in [-0.05, 0) is 48.6 Å². The van der Waals surface area contributed by atoms with Gasteiger partial charge in [-0.2, -0.15) is 13.2 Å². The van der Waals surface area contributed by atoms with Crippen LogP contribution >= 0.6 is 11.6 Å². The van der Waals surface area contributed by atoms with E-state index >= 15 is 0 Å². The SMILES string of the molecule is COC1(CNC(=O)c2c(-c3ccc(Cl)cc3)c(C)c(C(F)(F)F)n2Cc2ccccc2)CC1. The van der Waals surface area contributed by atoms with Crippen LogP contribution in [0.5, 0.6) is 0 Å². The molecule has 33 heavy (non-hydrogen) atoms. The van der Waals surface area contributed by atoms with E-state index in [1.807, 2.05) is 0 Å². The van der Waals surface area contributed by atoms with Crippen molar-refractivity contribution >= 4 is 17.5 Å². The van der Waals surface area contributed by atoms with E-state index in [-0.39, 0.29) is 29.9 Å². The first-order chi connectivity index (χ1) is 15.6. The molecule has 1 fully saturated rings. The number of amides is 1.